The van der Waals surface area contributed by atoms with Gasteiger partial charge in [-0.05, 0) is 48.9 Å². The highest BCUT2D eigenvalue weighted by Crippen LogP contribution is 2.30. The van der Waals surface area contributed by atoms with E-state index in [4.69, 9.17) is 0 Å². The Bertz CT molecular complexity index is 311. The van der Waals surface area contributed by atoms with Crippen molar-refractivity contribution >= 4 is 5.69 Å². The molecule has 0 spiro atoms. The van der Waals surface area contributed by atoms with E-state index >= 15 is 0 Å². The minimum atomic E-state index is 0.739. The van der Waals surface area contributed by atoms with Gasteiger partial charge in [-0.15, -0.1) is 0 Å². The third-order valence-electron chi connectivity index (χ3n) is 3.28. The zero-order valence-corrected chi connectivity index (χ0v) is 11.1. The van der Waals surface area contributed by atoms with Gasteiger partial charge in [-0.2, -0.15) is 0 Å². The summed E-state index contributed by atoms with van der Waals surface area (Å²) in [5, 5.41) is 3.23. The summed E-state index contributed by atoms with van der Waals surface area (Å²) in [6.45, 7) is 6.78. The molecule has 16 heavy (non-hydrogen) atoms. The van der Waals surface area contributed by atoms with Gasteiger partial charge in [0.2, 0.25) is 0 Å². The fourth-order valence-corrected chi connectivity index (χ4v) is 2.39. The fraction of sp³-hybridized carbons (Fsp3) is 0.600. The number of benzene rings is 1. The smallest absolute Gasteiger partial charge is 0.0340 e. The zero-order valence-electron chi connectivity index (χ0n) is 11.1. The van der Waals surface area contributed by atoms with Crippen molar-refractivity contribution in [2.75, 3.05) is 12.4 Å². The normalized spacial score (nSPS) is 10.8. The number of nitrogens with one attached hydrogen (secondary N) is 1. The molecular formula is C15H25N. The van der Waals surface area contributed by atoms with Crippen molar-refractivity contribution < 1.29 is 0 Å². The SMILES string of the molecule is CCCC(CCC)c1cc(NC)ccc1C. The van der Waals surface area contributed by atoms with Crippen LogP contribution in [0.5, 0.6) is 0 Å². The molecule has 1 rings (SSSR count). The Morgan fingerprint density at radius 2 is 1.75 bits per heavy atom. The molecule has 1 N–H and O–H groups in total. The molecule has 0 bridgehead atoms. The molecule has 0 saturated heterocycles. The largest absolute Gasteiger partial charge is 0.388 e. The molecule has 0 radical (unpaired) electrons. The molecule has 0 aliphatic carbocycles. The van der Waals surface area contributed by atoms with Crippen LogP contribution in [0.25, 0.3) is 0 Å². The Hall–Kier alpha value is -0.980. The number of rotatable bonds is 6. The van der Waals surface area contributed by atoms with Crippen LogP contribution in [0, 0.1) is 6.92 Å². The van der Waals surface area contributed by atoms with E-state index in [1.807, 2.05) is 7.05 Å². The monoisotopic (exact) mass is 219 g/mol. The van der Waals surface area contributed by atoms with Gasteiger partial charge in [0.1, 0.15) is 0 Å². The molecule has 1 heteroatoms. The Kier molecular flexibility index (Phi) is 5.37. The number of hydrogen-bond acceptors (Lipinski definition) is 1. The van der Waals surface area contributed by atoms with Gasteiger partial charge in [0.15, 0.2) is 0 Å². The van der Waals surface area contributed by atoms with Crippen molar-refractivity contribution in [3.05, 3.63) is 29.3 Å². The summed E-state index contributed by atoms with van der Waals surface area (Å²) >= 11 is 0. The Balaban J connectivity index is 2.96. The summed E-state index contributed by atoms with van der Waals surface area (Å²) in [7, 11) is 1.99. The first-order valence-corrected chi connectivity index (χ1v) is 6.51. The van der Waals surface area contributed by atoms with Crippen LogP contribution in [0.2, 0.25) is 0 Å². The molecule has 0 unspecified atom stereocenters. The second-order valence-corrected chi connectivity index (χ2v) is 4.60. The van der Waals surface area contributed by atoms with Crippen LogP contribution in [-0.2, 0) is 0 Å². The van der Waals surface area contributed by atoms with Crippen LogP contribution in [0.1, 0.15) is 56.6 Å². The van der Waals surface area contributed by atoms with Crippen LogP contribution >= 0.6 is 0 Å². The molecule has 0 saturated carbocycles. The Labute approximate surface area is 100 Å². The second kappa shape index (κ2) is 6.57. The number of aryl methyl sites for hydroxylation is 1. The van der Waals surface area contributed by atoms with Crippen LogP contribution in [0.3, 0.4) is 0 Å². The molecule has 0 aliphatic heterocycles. The summed E-state index contributed by atoms with van der Waals surface area (Å²) in [5.74, 6) is 0.739. The van der Waals surface area contributed by atoms with Gasteiger partial charge in [-0.3, -0.25) is 0 Å². The van der Waals surface area contributed by atoms with Crippen molar-refractivity contribution in [2.24, 2.45) is 0 Å². The summed E-state index contributed by atoms with van der Waals surface area (Å²) in [6.07, 6.45) is 5.16. The molecule has 1 aromatic carbocycles. The van der Waals surface area contributed by atoms with Gasteiger partial charge in [-0.1, -0.05) is 32.8 Å². The highest BCUT2D eigenvalue weighted by Gasteiger charge is 2.12. The lowest BCUT2D eigenvalue weighted by Crippen LogP contribution is -2.02. The predicted octanol–water partition coefficient (Wildman–Crippen LogP) is 4.72. The zero-order chi connectivity index (χ0) is 12.0. The third-order valence-corrected chi connectivity index (χ3v) is 3.28. The topological polar surface area (TPSA) is 12.0 Å². The maximum atomic E-state index is 3.23. The van der Waals surface area contributed by atoms with Crippen molar-refractivity contribution in [3.8, 4) is 0 Å². The van der Waals surface area contributed by atoms with Gasteiger partial charge < -0.3 is 5.32 Å². The maximum absolute atomic E-state index is 3.23. The van der Waals surface area contributed by atoms with E-state index < -0.39 is 0 Å². The summed E-state index contributed by atoms with van der Waals surface area (Å²) in [6, 6.07) is 6.72. The summed E-state index contributed by atoms with van der Waals surface area (Å²) < 4.78 is 0. The fourth-order valence-electron chi connectivity index (χ4n) is 2.39. The average molecular weight is 219 g/mol. The minimum Gasteiger partial charge on any atom is -0.388 e. The molecule has 0 aliphatic rings. The molecule has 0 amide bonds. The van der Waals surface area contributed by atoms with E-state index in [9.17, 15) is 0 Å². The first-order chi connectivity index (χ1) is 7.72. The lowest BCUT2D eigenvalue weighted by Gasteiger charge is -2.19. The summed E-state index contributed by atoms with van der Waals surface area (Å²) in [4.78, 5) is 0. The third kappa shape index (κ3) is 3.26. The quantitative estimate of drug-likeness (QED) is 0.730. The molecule has 0 heterocycles. The molecule has 90 valence electrons. The molecule has 0 fully saturated rings. The minimum absolute atomic E-state index is 0.739. The van der Waals surface area contributed by atoms with Crippen molar-refractivity contribution in [1.29, 1.82) is 0 Å². The van der Waals surface area contributed by atoms with Crippen molar-refractivity contribution in [3.63, 3.8) is 0 Å². The molecule has 0 atom stereocenters. The second-order valence-electron chi connectivity index (χ2n) is 4.60. The standard InChI is InChI=1S/C15H25N/c1-5-7-13(8-6-2)15-11-14(16-4)10-9-12(15)3/h9-11,13,16H,5-8H2,1-4H3. The van der Waals surface area contributed by atoms with E-state index in [1.54, 1.807) is 0 Å². The Morgan fingerprint density at radius 3 is 2.25 bits per heavy atom. The number of anilines is 1. The van der Waals surface area contributed by atoms with Crippen molar-refractivity contribution in [1.82, 2.24) is 0 Å². The van der Waals surface area contributed by atoms with E-state index in [-0.39, 0.29) is 0 Å². The van der Waals surface area contributed by atoms with E-state index in [1.165, 1.54) is 42.5 Å². The van der Waals surface area contributed by atoms with Crippen LogP contribution in [0.4, 0.5) is 5.69 Å². The summed E-state index contributed by atoms with van der Waals surface area (Å²) in [5.41, 5.74) is 4.21. The predicted molar refractivity (Wildman–Crippen MR) is 73.3 cm³/mol. The first-order valence-electron chi connectivity index (χ1n) is 6.51. The van der Waals surface area contributed by atoms with Crippen molar-refractivity contribution in [2.45, 2.75) is 52.4 Å². The lowest BCUT2D eigenvalue weighted by molar-refractivity contribution is 0.559. The molecule has 0 aromatic heterocycles. The van der Waals surface area contributed by atoms with Gasteiger partial charge in [0, 0.05) is 12.7 Å². The van der Waals surface area contributed by atoms with E-state index in [0.717, 1.165) is 5.92 Å². The van der Waals surface area contributed by atoms with E-state index in [0.29, 0.717) is 0 Å². The first kappa shape index (κ1) is 13.1. The molecule has 1 aromatic rings. The van der Waals surface area contributed by atoms with Gasteiger partial charge in [-0.25, -0.2) is 0 Å². The number of hydrogen-bond donors (Lipinski definition) is 1. The Morgan fingerprint density at radius 1 is 1.12 bits per heavy atom. The molecule has 1 nitrogen and oxygen atoms in total. The lowest BCUT2D eigenvalue weighted by atomic mass is 9.87. The van der Waals surface area contributed by atoms with Gasteiger partial charge in [0.05, 0.1) is 0 Å². The van der Waals surface area contributed by atoms with Gasteiger partial charge in [0.25, 0.3) is 0 Å². The highest BCUT2D eigenvalue weighted by atomic mass is 14.8. The van der Waals surface area contributed by atoms with Gasteiger partial charge >= 0.3 is 0 Å². The van der Waals surface area contributed by atoms with Crippen LogP contribution in [-0.4, -0.2) is 7.05 Å². The van der Waals surface area contributed by atoms with Crippen LogP contribution in [0.15, 0.2) is 18.2 Å². The van der Waals surface area contributed by atoms with E-state index in [2.05, 4.69) is 44.3 Å². The van der Waals surface area contributed by atoms with Crippen LogP contribution < -0.4 is 5.32 Å². The average Bonchev–Trinajstić information content (AvgIpc) is 2.29. The molecular weight excluding hydrogens is 194 g/mol. The highest BCUT2D eigenvalue weighted by molar-refractivity contribution is 5.49. The maximum Gasteiger partial charge on any atom is 0.0340 e.